The molecule has 2 nitrogen and oxygen atoms in total. The van der Waals surface area contributed by atoms with E-state index >= 15 is 0 Å². The zero-order valence-corrected chi connectivity index (χ0v) is 10.5. The van der Waals surface area contributed by atoms with Crippen LogP contribution in [0.2, 0.25) is 0 Å². The molecule has 17 heavy (non-hydrogen) atoms. The summed E-state index contributed by atoms with van der Waals surface area (Å²) in [7, 11) is 0. The number of benzene rings is 1. The Morgan fingerprint density at radius 2 is 2.18 bits per heavy atom. The fraction of sp³-hybridized carbons (Fsp3) is 0.357. The fourth-order valence-electron chi connectivity index (χ4n) is 1.80. The summed E-state index contributed by atoms with van der Waals surface area (Å²) in [5.74, 6) is -0.638. The zero-order valence-electron chi connectivity index (χ0n) is 10.5. The van der Waals surface area contributed by atoms with Gasteiger partial charge in [0.1, 0.15) is 5.82 Å². The van der Waals surface area contributed by atoms with Crippen LogP contribution in [0.15, 0.2) is 24.4 Å². The largest absolute Gasteiger partial charge is 0.387 e. The molecule has 0 aliphatic heterocycles. The van der Waals surface area contributed by atoms with Gasteiger partial charge >= 0.3 is 0 Å². The number of Topliss-reactive ketones (excluding diaryl/α,β-unsaturated/α-hetero) is 1. The number of hydrogen-bond donors (Lipinski definition) is 1. The first-order valence-corrected chi connectivity index (χ1v) is 5.76. The lowest BCUT2D eigenvalue weighted by Crippen LogP contribution is -2.09. The van der Waals surface area contributed by atoms with Crippen LogP contribution < -0.4 is 5.32 Å². The average molecular weight is 235 g/mol. The van der Waals surface area contributed by atoms with Crippen LogP contribution in [0.4, 0.5) is 4.39 Å². The Kier molecular flexibility index (Phi) is 4.88. The van der Waals surface area contributed by atoms with E-state index in [2.05, 4.69) is 5.32 Å². The van der Waals surface area contributed by atoms with Crippen molar-refractivity contribution in [3.63, 3.8) is 0 Å². The van der Waals surface area contributed by atoms with Crippen LogP contribution in [-0.4, -0.2) is 5.78 Å². The van der Waals surface area contributed by atoms with Gasteiger partial charge < -0.3 is 5.32 Å². The number of aryl methyl sites for hydroxylation is 1. The molecule has 0 aliphatic carbocycles. The van der Waals surface area contributed by atoms with Crippen molar-refractivity contribution in [1.29, 1.82) is 0 Å². The van der Waals surface area contributed by atoms with E-state index in [0.717, 1.165) is 11.1 Å². The Morgan fingerprint density at radius 3 is 2.71 bits per heavy atom. The van der Waals surface area contributed by atoms with E-state index in [-0.39, 0.29) is 11.3 Å². The SMILES string of the molecule is CC=CNCc1cc(F)c(C(C)=O)c(CC)c1. The normalized spacial score (nSPS) is 10.8. The Morgan fingerprint density at radius 1 is 1.47 bits per heavy atom. The highest BCUT2D eigenvalue weighted by Gasteiger charge is 2.13. The number of carbonyl (C=O) groups is 1. The van der Waals surface area contributed by atoms with Crippen LogP contribution >= 0.6 is 0 Å². The van der Waals surface area contributed by atoms with Crippen LogP contribution in [0.25, 0.3) is 0 Å². The molecule has 0 radical (unpaired) electrons. The van der Waals surface area contributed by atoms with Crippen molar-refractivity contribution in [1.82, 2.24) is 5.32 Å². The van der Waals surface area contributed by atoms with Crippen molar-refractivity contribution in [2.45, 2.75) is 33.7 Å². The van der Waals surface area contributed by atoms with Crippen molar-refractivity contribution < 1.29 is 9.18 Å². The van der Waals surface area contributed by atoms with Gasteiger partial charge in [-0.25, -0.2) is 4.39 Å². The van der Waals surface area contributed by atoms with Crippen LogP contribution in [0.1, 0.15) is 42.3 Å². The first kappa shape index (κ1) is 13.4. The van der Waals surface area contributed by atoms with E-state index < -0.39 is 5.82 Å². The Hall–Kier alpha value is -1.64. The maximum atomic E-state index is 13.8. The summed E-state index contributed by atoms with van der Waals surface area (Å²) < 4.78 is 13.8. The summed E-state index contributed by atoms with van der Waals surface area (Å²) in [4.78, 5) is 11.4. The number of allylic oxidation sites excluding steroid dienone is 1. The average Bonchev–Trinajstić information content (AvgIpc) is 2.27. The monoisotopic (exact) mass is 235 g/mol. The summed E-state index contributed by atoms with van der Waals surface area (Å²) in [6, 6.07) is 3.31. The van der Waals surface area contributed by atoms with Gasteiger partial charge in [0.15, 0.2) is 5.78 Å². The minimum absolute atomic E-state index is 0.215. The van der Waals surface area contributed by atoms with E-state index in [0.29, 0.717) is 13.0 Å². The predicted molar refractivity (Wildman–Crippen MR) is 67.4 cm³/mol. The highest BCUT2D eigenvalue weighted by Crippen LogP contribution is 2.18. The lowest BCUT2D eigenvalue weighted by atomic mass is 9.98. The van der Waals surface area contributed by atoms with Crippen molar-refractivity contribution in [2.75, 3.05) is 0 Å². The van der Waals surface area contributed by atoms with Crippen molar-refractivity contribution in [3.05, 3.63) is 46.9 Å². The summed E-state index contributed by atoms with van der Waals surface area (Å²) in [6.45, 7) is 5.79. The minimum atomic E-state index is -0.422. The van der Waals surface area contributed by atoms with Gasteiger partial charge in [0.25, 0.3) is 0 Å². The van der Waals surface area contributed by atoms with Gasteiger partial charge in [-0.1, -0.05) is 19.1 Å². The molecule has 0 amide bonds. The van der Waals surface area contributed by atoms with Crippen LogP contribution in [0.5, 0.6) is 0 Å². The van der Waals surface area contributed by atoms with Gasteiger partial charge in [-0.2, -0.15) is 0 Å². The molecule has 1 N–H and O–H groups in total. The van der Waals surface area contributed by atoms with E-state index in [4.69, 9.17) is 0 Å². The number of ketones is 1. The molecule has 1 aromatic rings. The number of rotatable bonds is 5. The molecule has 0 saturated carbocycles. The molecule has 0 aromatic heterocycles. The molecule has 0 unspecified atom stereocenters. The van der Waals surface area contributed by atoms with Gasteiger partial charge in [0.2, 0.25) is 0 Å². The molecule has 0 heterocycles. The molecule has 1 aromatic carbocycles. The van der Waals surface area contributed by atoms with Crippen molar-refractivity contribution in [2.24, 2.45) is 0 Å². The van der Waals surface area contributed by atoms with Crippen LogP contribution in [0, 0.1) is 5.82 Å². The van der Waals surface area contributed by atoms with Crippen LogP contribution in [-0.2, 0) is 13.0 Å². The maximum Gasteiger partial charge on any atom is 0.163 e. The Bertz CT molecular complexity index is 438. The molecule has 3 heteroatoms. The zero-order chi connectivity index (χ0) is 12.8. The van der Waals surface area contributed by atoms with Crippen LogP contribution in [0.3, 0.4) is 0 Å². The van der Waals surface area contributed by atoms with E-state index in [1.54, 1.807) is 0 Å². The molecular formula is C14H18FNO. The van der Waals surface area contributed by atoms with Gasteiger partial charge in [-0.05, 0) is 43.7 Å². The van der Waals surface area contributed by atoms with E-state index in [9.17, 15) is 9.18 Å². The van der Waals surface area contributed by atoms with Gasteiger partial charge in [-0.3, -0.25) is 4.79 Å². The lowest BCUT2D eigenvalue weighted by molar-refractivity contribution is 0.101. The molecule has 0 saturated heterocycles. The topological polar surface area (TPSA) is 29.1 Å². The lowest BCUT2D eigenvalue weighted by Gasteiger charge is -2.10. The summed E-state index contributed by atoms with van der Waals surface area (Å²) in [6.07, 6.45) is 4.34. The first-order chi connectivity index (χ1) is 8.10. The summed E-state index contributed by atoms with van der Waals surface area (Å²) >= 11 is 0. The second-order valence-electron chi connectivity index (χ2n) is 3.90. The number of nitrogens with one attached hydrogen (secondary N) is 1. The standard InChI is InChI=1S/C14H18FNO/c1-4-6-16-9-11-7-12(5-2)14(10(3)17)13(15)8-11/h4,6-8,16H,5,9H2,1-3H3. The molecule has 0 bridgehead atoms. The first-order valence-electron chi connectivity index (χ1n) is 5.76. The molecule has 92 valence electrons. The molecule has 0 spiro atoms. The van der Waals surface area contributed by atoms with Gasteiger partial charge in [-0.15, -0.1) is 0 Å². The Balaban J connectivity index is 3.04. The molecule has 1 rings (SSSR count). The Labute approximate surface area is 102 Å². The smallest absolute Gasteiger partial charge is 0.163 e. The van der Waals surface area contributed by atoms with E-state index in [1.807, 2.05) is 32.2 Å². The van der Waals surface area contributed by atoms with Gasteiger partial charge in [0.05, 0.1) is 5.56 Å². The third-order valence-corrected chi connectivity index (χ3v) is 2.56. The summed E-state index contributed by atoms with van der Waals surface area (Å²) in [5.41, 5.74) is 1.85. The quantitative estimate of drug-likeness (QED) is 0.794. The highest BCUT2D eigenvalue weighted by molar-refractivity contribution is 5.95. The molecular weight excluding hydrogens is 217 g/mol. The third-order valence-electron chi connectivity index (χ3n) is 2.56. The number of hydrogen-bond acceptors (Lipinski definition) is 2. The summed E-state index contributed by atoms with van der Waals surface area (Å²) in [5, 5.41) is 3.05. The van der Waals surface area contributed by atoms with Crippen molar-refractivity contribution >= 4 is 5.78 Å². The van der Waals surface area contributed by atoms with Gasteiger partial charge in [0, 0.05) is 6.54 Å². The second kappa shape index (κ2) is 6.18. The predicted octanol–water partition coefficient (Wildman–Crippen LogP) is 3.21. The molecule has 0 aliphatic rings. The fourth-order valence-corrected chi connectivity index (χ4v) is 1.80. The number of carbonyl (C=O) groups excluding carboxylic acids is 1. The second-order valence-corrected chi connectivity index (χ2v) is 3.90. The minimum Gasteiger partial charge on any atom is -0.387 e. The van der Waals surface area contributed by atoms with E-state index in [1.165, 1.54) is 13.0 Å². The van der Waals surface area contributed by atoms with Crippen molar-refractivity contribution in [3.8, 4) is 0 Å². The number of halogens is 1. The molecule has 0 fully saturated rings. The third kappa shape index (κ3) is 3.41. The maximum absolute atomic E-state index is 13.8. The highest BCUT2D eigenvalue weighted by atomic mass is 19.1. The molecule has 0 atom stereocenters.